The quantitative estimate of drug-likeness (QED) is 0.360. The van der Waals surface area contributed by atoms with Crippen LogP contribution in [0, 0.1) is 6.92 Å². The summed E-state index contributed by atoms with van der Waals surface area (Å²) >= 11 is 6.12. The standard InChI is InChI=1S/C28H31ClN2O3/c1-17(2)22-8-6-9-23(18(3)4)27(22)31-26(32)16-34-21-14-12-20(13-15-21)28(33)30-25-11-7-10-24(29)19(25)5/h6-15,17-18H,16H2,1-5H3,(H,30,33)(H,31,32). The largest absolute Gasteiger partial charge is 0.484 e. The molecule has 0 atom stereocenters. The molecule has 5 nitrogen and oxygen atoms in total. The number of ether oxygens (including phenoxy) is 1. The van der Waals surface area contributed by atoms with Gasteiger partial charge in [-0.25, -0.2) is 0 Å². The lowest BCUT2D eigenvalue weighted by Gasteiger charge is -2.20. The molecule has 3 aromatic rings. The van der Waals surface area contributed by atoms with Crippen LogP contribution in [0.25, 0.3) is 0 Å². The van der Waals surface area contributed by atoms with E-state index in [1.54, 1.807) is 42.5 Å². The van der Waals surface area contributed by atoms with Gasteiger partial charge in [-0.1, -0.05) is 63.6 Å². The minimum Gasteiger partial charge on any atom is -0.484 e. The fourth-order valence-corrected chi connectivity index (χ4v) is 3.83. The van der Waals surface area contributed by atoms with Crippen LogP contribution in [-0.4, -0.2) is 18.4 Å². The van der Waals surface area contributed by atoms with Gasteiger partial charge in [0.05, 0.1) is 0 Å². The molecule has 3 rings (SSSR count). The molecule has 0 heterocycles. The van der Waals surface area contributed by atoms with Crippen molar-refractivity contribution in [2.45, 2.75) is 46.5 Å². The van der Waals surface area contributed by atoms with Gasteiger partial charge >= 0.3 is 0 Å². The lowest BCUT2D eigenvalue weighted by Crippen LogP contribution is -2.22. The lowest BCUT2D eigenvalue weighted by atomic mass is 9.92. The smallest absolute Gasteiger partial charge is 0.262 e. The first-order chi connectivity index (χ1) is 16.2. The molecule has 0 aliphatic heterocycles. The Morgan fingerprint density at radius 3 is 2.03 bits per heavy atom. The molecule has 34 heavy (non-hydrogen) atoms. The Kier molecular flexibility index (Phi) is 8.35. The summed E-state index contributed by atoms with van der Waals surface area (Å²) < 4.78 is 5.67. The molecule has 6 heteroatoms. The molecule has 0 radical (unpaired) electrons. The third kappa shape index (κ3) is 6.17. The highest BCUT2D eigenvalue weighted by Gasteiger charge is 2.16. The molecule has 2 amide bonds. The molecular weight excluding hydrogens is 448 g/mol. The average molecular weight is 479 g/mol. The normalized spacial score (nSPS) is 10.9. The lowest BCUT2D eigenvalue weighted by molar-refractivity contribution is -0.118. The predicted octanol–water partition coefficient (Wildman–Crippen LogP) is 7.17. The van der Waals surface area contributed by atoms with Gasteiger partial charge in [0.1, 0.15) is 5.75 Å². The van der Waals surface area contributed by atoms with E-state index in [0.29, 0.717) is 22.0 Å². The molecule has 0 spiro atoms. The van der Waals surface area contributed by atoms with Gasteiger partial charge in [0.2, 0.25) is 0 Å². The third-order valence-corrected chi connectivity index (χ3v) is 6.05. The Labute approximate surface area is 206 Å². The summed E-state index contributed by atoms with van der Waals surface area (Å²) in [5, 5.41) is 6.50. The Bertz CT molecular complexity index is 1140. The molecule has 0 unspecified atom stereocenters. The fourth-order valence-electron chi connectivity index (χ4n) is 3.66. The zero-order chi connectivity index (χ0) is 24.8. The van der Waals surface area contributed by atoms with Crippen molar-refractivity contribution in [1.82, 2.24) is 0 Å². The Balaban J connectivity index is 1.62. The zero-order valence-electron chi connectivity index (χ0n) is 20.2. The first-order valence-electron chi connectivity index (χ1n) is 11.4. The van der Waals surface area contributed by atoms with Gasteiger partial charge < -0.3 is 15.4 Å². The van der Waals surface area contributed by atoms with E-state index in [0.717, 1.165) is 22.4 Å². The number of anilines is 2. The van der Waals surface area contributed by atoms with E-state index in [4.69, 9.17) is 16.3 Å². The maximum Gasteiger partial charge on any atom is 0.262 e. The summed E-state index contributed by atoms with van der Waals surface area (Å²) in [7, 11) is 0. The van der Waals surface area contributed by atoms with Crippen molar-refractivity contribution in [2.75, 3.05) is 17.2 Å². The number of para-hydroxylation sites is 1. The molecule has 0 saturated heterocycles. The molecular formula is C28H31ClN2O3. The second-order valence-corrected chi connectivity index (χ2v) is 9.26. The Hall–Kier alpha value is -3.31. The maximum absolute atomic E-state index is 12.7. The van der Waals surface area contributed by atoms with Crippen molar-refractivity contribution < 1.29 is 14.3 Å². The number of rotatable bonds is 8. The van der Waals surface area contributed by atoms with Gasteiger partial charge in [-0.2, -0.15) is 0 Å². The van der Waals surface area contributed by atoms with Crippen molar-refractivity contribution in [2.24, 2.45) is 0 Å². The van der Waals surface area contributed by atoms with Crippen LogP contribution in [0.5, 0.6) is 5.75 Å². The van der Waals surface area contributed by atoms with Gasteiger partial charge in [-0.15, -0.1) is 0 Å². The number of carbonyl (C=O) groups is 2. The van der Waals surface area contributed by atoms with Crippen LogP contribution >= 0.6 is 11.6 Å². The predicted molar refractivity (Wildman–Crippen MR) is 139 cm³/mol. The number of benzene rings is 3. The van der Waals surface area contributed by atoms with Gasteiger partial charge in [0.15, 0.2) is 6.61 Å². The first kappa shape index (κ1) is 25.3. The SMILES string of the molecule is Cc1c(Cl)cccc1NC(=O)c1ccc(OCC(=O)Nc2c(C(C)C)cccc2C(C)C)cc1. The Morgan fingerprint density at radius 1 is 0.853 bits per heavy atom. The van der Waals surface area contributed by atoms with E-state index in [1.807, 2.05) is 25.1 Å². The molecule has 0 bridgehead atoms. The van der Waals surface area contributed by atoms with Crippen LogP contribution in [0.4, 0.5) is 11.4 Å². The summed E-state index contributed by atoms with van der Waals surface area (Å²) in [6.45, 7) is 10.2. The van der Waals surface area contributed by atoms with E-state index < -0.39 is 0 Å². The van der Waals surface area contributed by atoms with Crippen molar-refractivity contribution in [3.05, 3.63) is 87.9 Å². The molecule has 0 fully saturated rings. The van der Waals surface area contributed by atoms with Crippen LogP contribution in [0.3, 0.4) is 0 Å². The van der Waals surface area contributed by atoms with Crippen molar-refractivity contribution in [1.29, 1.82) is 0 Å². The molecule has 0 saturated carbocycles. The van der Waals surface area contributed by atoms with E-state index in [9.17, 15) is 9.59 Å². The van der Waals surface area contributed by atoms with Gasteiger partial charge in [-0.3, -0.25) is 9.59 Å². The number of amides is 2. The van der Waals surface area contributed by atoms with Crippen LogP contribution in [0.1, 0.15) is 66.6 Å². The monoisotopic (exact) mass is 478 g/mol. The second-order valence-electron chi connectivity index (χ2n) is 8.85. The molecule has 0 aliphatic rings. The van der Waals surface area contributed by atoms with Crippen molar-refractivity contribution >= 4 is 34.8 Å². The third-order valence-electron chi connectivity index (χ3n) is 5.64. The van der Waals surface area contributed by atoms with E-state index in [2.05, 4.69) is 38.3 Å². The molecule has 2 N–H and O–H groups in total. The molecule has 3 aromatic carbocycles. The first-order valence-corrected chi connectivity index (χ1v) is 11.8. The van der Waals surface area contributed by atoms with Crippen LogP contribution in [0.2, 0.25) is 5.02 Å². The summed E-state index contributed by atoms with van der Waals surface area (Å²) in [5.74, 6) is 0.592. The van der Waals surface area contributed by atoms with Crippen LogP contribution in [0.15, 0.2) is 60.7 Å². The summed E-state index contributed by atoms with van der Waals surface area (Å²) in [4.78, 5) is 25.2. The number of nitrogens with one attached hydrogen (secondary N) is 2. The molecule has 0 aliphatic carbocycles. The van der Waals surface area contributed by atoms with Crippen molar-refractivity contribution in [3.8, 4) is 5.75 Å². The van der Waals surface area contributed by atoms with Crippen molar-refractivity contribution in [3.63, 3.8) is 0 Å². The summed E-state index contributed by atoms with van der Waals surface area (Å²) in [5.41, 5.74) is 5.02. The van der Waals surface area contributed by atoms with Gasteiger partial charge in [-0.05, 0) is 71.8 Å². The summed E-state index contributed by atoms with van der Waals surface area (Å²) in [6, 6.07) is 18.2. The second kappa shape index (κ2) is 11.2. The molecule has 178 valence electrons. The highest BCUT2D eigenvalue weighted by Crippen LogP contribution is 2.32. The minimum absolute atomic E-state index is 0.128. The highest BCUT2D eigenvalue weighted by molar-refractivity contribution is 6.31. The highest BCUT2D eigenvalue weighted by atomic mass is 35.5. The van der Waals surface area contributed by atoms with Crippen LogP contribution in [-0.2, 0) is 4.79 Å². The summed E-state index contributed by atoms with van der Waals surface area (Å²) in [6.07, 6.45) is 0. The zero-order valence-corrected chi connectivity index (χ0v) is 21.0. The number of hydrogen-bond donors (Lipinski definition) is 2. The topological polar surface area (TPSA) is 67.4 Å². The van der Waals surface area contributed by atoms with E-state index >= 15 is 0 Å². The van der Waals surface area contributed by atoms with E-state index in [1.165, 1.54) is 0 Å². The average Bonchev–Trinajstić information content (AvgIpc) is 2.80. The van der Waals surface area contributed by atoms with Crippen LogP contribution < -0.4 is 15.4 Å². The number of halogens is 1. The Morgan fingerprint density at radius 2 is 1.44 bits per heavy atom. The van der Waals surface area contributed by atoms with Gasteiger partial charge in [0, 0.05) is 22.0 Å². The molecule has 0 aromatic heterocycles. The fraction of sp³-hybridized carbons (Fsp3) is 0.286. The maximum atomic E-state index is 12.7. The minimum atomic E-state index is -0.249. The number of hydrogen-bond acceptors (Lipinski definition) is 3. The van der Waals surface area contributed by atoms with E-state index in [-0.39, 0.29) is 30.3 Å². The van der Waals surface area contributed by atoms with Gasteiger partial charge in [0.25, 0.3) is 11.8 Å². The number of carbonyl (C=O) groups excluding carboxylic acids is 2.